The first kappa shape index (κ1) is 15.2. The fraction of sp³-hybridized carbons (Fsp3) is 0.0667. The van der Waals surface area contributed by atoms with Gasteiger partial charge in [-0.3, -0.25) is 4.79 Å². The van der Waals surface area contributed by atoms with Crippen LogP contribution in [0.15, 0.2) is 52.1 Å². The van der Waals surface area contributed by atoms with E-state index >= 15 is 0 Å². The van der Waals surface area contributed by atoms with Crippen LogP contribution < -0.4 is 5.32 Å². The quantitative estimate of drug-likeness (QED) is 0.498. The molecule has 4 nitrogen and oxygen atoms in total. The van der Waals surface area contributed by atoms with E-state index in [0.29, 0.717) is 17.0 Å². The molecular weight excluding hydrogens is 339 g/mol. The Bertz CT molecular complexity index is 717. The third-order valence-corrected chi connectivity index (χ3v) is 3.69. The summed E-state index contributed by atoms with van der Waals surface area (Å²) < 4.78 is 13.5. The largest absolute Gasteiger partial charge is 0.411 e. The molecule has 108 valence electrons. The van der Waals surface area contributed by atoms with Crippen molar-refractivity contribution in [2.75, 3.05) is 5.32 Å². The molecule has 0 spiro atoms. The van der Waals surface area contributed by atoms with E-state index in [1.54, 1.807) is 31.2 Å². The summed E-state index contributed by atoms with van der Waals surface area (Å²) in [7, 11) is 0. The molecule has 2 aromatic rings. The Morgan fingerprint density at radius 3 is 2.71 bits per heavy atom. The zero-order valence-electron chi connectivity index (χ0n) is 11.1. The van der Waals surface area contributed by atoms with E-state index in [-0.39, 0.29) is 10.0 Å². The highest BCUT2D eigenvalue weighted by molar-refractivity contribution is 9.10. The molecule has 0 saturated carbocycles. The second kappa shape index (κ2) is 6.49. The number of amides is 1. The second-order valence-electron chi connectivity index (χ2n) is 4.32. The lowest BCUT2D eigenvalue weighted by molar-refractivity contribution is 0.102. The molecule has 0 bridgehead atoms. The number of hydrogen-bond donors (Lipinski definition) is 2. The number of nitrogens with zero attached hydrogens (tertiary/aromatic N) is 1. The summed E-state index contributed by atoms with van der Waals surface area (Å²) in [4.78, 5) is 12.2. The maximum Gasteiger partial charge on any atom is 0.256 e. The summed E-state index contributed by atoms with van der Waals surface area (Å²) in [5.41, 5.74) is 1.83. The van der Waals surface area contributed by atoms with E-state index in [1.165, 1.54) is 18.2 Å². The van der Waals surface area contributed by atoms with Crippen LogP contribution in [-0.2, 0) is 0 Å². The normalized spacial score (nSPS) is 11.3. The zero-order valence-corrected chi connectivity index (χ0v) is 12.7. The van der Waals surface area contributed by atoms with Crippen LogP contribution in [0.5, 0.6) is 0 Å². The van der Waals surface area contributed by atoms with Crippen LogP contribution in [-0.4, -0.2) is 16.8 Å². The molecule has 1 amide bonds. The molecule has 2 rings (SSSR count). The summed E-state index contributed by atoms with van der Waals surface area (Å²) >= 11 is 3.06. The highest BCUT2D eigenvalue weighted by Gasteiger charge is 2.13. The topological polar surface area (TPSA) is 61.7 Å². The summed E-state index contributed by atoms with van der Waals surface area (Å²) in [5.74, 6) is -0.934. The first-order valence-corrected chi connectivity index (χ1v) is 6.86. The maximum atomic E-state index is 13.4. The lowest BCUT2D eigenvalue weighted by Gasteiger charge is -2.08. The van der Waals surface area contributed by atoms with Crippen LogP contribution in [0.2, 0.25) is 0 Å². The molecule has 0 heterocycles. The fourth-order valence-electron chi connectivity index (χ4n) is 1.76. The Morgan fingerprint density at radius 1 is 1.29 bits per heavy atom. The lowest BCUT2D eigenvalue weighted by Crippen LogP contribution is -2.13. The van der Waals surface area contributed by atoms with Crippen LogP contribution in [0.3, 0.4) is 0 Å². The Kier molecular flexibility index (Phi) is 4.70. The van der Waals surface area contributed by atoms with Gasteiger partial charge in [-0.2, -0.15) is 0 Å². The number of nitrogens with one attached hydrogen (secondary N) is 1. The van der Waals surface area contributed by atoms with E-state index in [2.05, 4.69) is 26.4 Å². The van der Waals surface area contributed by atoms with Gasteiger partial charge in [0.15, 0.2) is 0 Å². The van der Waals surface area contributed by atoms with Crippen molar-refractivity contribution in [3.63, 3.8) is 0 Å². The average molecular weight is 351 g/mol. The van der Waals surface area contributed by atoms with Gasteiger partial charge in [0.25, 0.3) is 5.91 Å². The van der Waals surface area contributed by atoms with Gasteiger partial charge < -0.3 is 10.5 Å². The highest BCUT2D eigenvalue weighted by atomic mass is 79.9. The first-order valence-electron chi connectivity index (χ1n) is 6.07. The van der Waals surface area contributed by atoms with Crippen molar-refractivity contribution >= 4 is 33.2 Å². The van der Waals surface area contributed by atoms with Crippen LogP contribution in [0.4, 0.5) is 10.1 Å². The second-order valence-corrected chi connectivity index (χ2v) is 5.11. The fourth-order valence-corrected chi connectivity index (χ4v) is 2.20. The van der Waals surface area contributed by atoms with Crippen molar-refractivity contribution in [2.24, 2.45) is 5.16 Å². The summed E-state index contributed by atoms with van der Waals surface area (Å²) in [6.07, 6.45) is 0. The number of carbonyl (C=O) groups is 1. The third kappa shape index (κ3) is 3.46. The number of carbonyl (C=O) groups excluding carboxylic acids is 1. The Labute approximate surface area is 129 Å². The molecular formula is C15H12BrFN2O2. The monoisotopic (exact) mass is 350 g/mol. The van der Waals surface area contributed by atoms with Crippen LogP contribution in [0, 0.1) is 5.82 Å². The molecule has 0 aliphatic rings. The molecule has 0 fully saturated rings. The Hall–Kier alpha value is -2.21. The molecule has 0 atom stereocenters. The molecule has 0 aliphatic heterocycles. The summed E-state index contributed by atoms with van der Waals surface area (Å²) in [6.45, 7) is 1.64. The van der Waals surface area contributed by atoms with Gasteiger partial charge in [0.1, 0.15) is 5.82 Å². The molecule has 0 aromatic heterocycles. The smallest absolute Gasteiger partial charge is 0.256 e. The number of hydrogen-bond acceptors (Lipinski definition) is 3. The molecule has 0 saturated heterocycles. The van der Waals surface area contributed by atoms with Gasteiger partial charge in [-0.15, -0.1) is 0 Å². The molecule has 21 heavy (non-hydrogen) atoms. The van der Waals surface area contributed by atoms with Gasteiger partial charge in [-0.05, 0) is 47.1 Å². The van der Waals surface area contributed by atoms with Crippen molar-refractivity contribution in [3.8, 4) is 0 Å². The number of anilines is 1. The van der Waals surface area contributed by atoms with E-state index in [4.69, 9.17) is 5.21 Å². The van der Waals surface area contributed by atoms with Crippen LogP contribution >= 0.6 is 15.9 Å². The van der Waals surface area contributed by atoms with Crippen molar-refractivity contribution in [3.05, 3.63) is 63.9 Å². The van der Waals surface area contributed by atoms with Crippen molar-refractivity contribution in [1.29, 1.82) is 0 Å². The van der Waals surface area contributed by atoms with Crippen molar-refractivity contribution in [1.82, 2.24) is 0 Å². The minimum Gasteiger partial charge on any atom is -0.411 e. The standard InChI is InChI=1S/C15H12BrFN2O2/c1-9(19-21)10-4-2-5-11(8-10)18-15(20)12-6-3-7-13(17)14(12)16/h2-8,21H,1H3,(H,18,20)/b19-9-. The zero-order chi connectivity index (χ0) is 15.4. The number of oxime groups is 1. The van der Waals surface area contributed by atoms with Gasteiger partial charge in [-0.1, -0.05) is 23.4 Å². The van der Waals surface area contributed by atoms with Crippen LogP contribution in [0.25, 0.3) is 0 Å². The van der Waals surface area contributed by atoms with Gasteiger partial charge in [0.05, 0.1) is 15.7 Å². The lowest BCUT2D eigenvalue weighted by atomic mass is 10.1. The molecule has 2 N–H and O–H groups in total. The number of halogens is 2. The molecule has 0 aliphatic carbocycles. The maximum absolute atomic E-state index is 13.4. The minimum absolute atomic E-state index is 0.117. The SMILES string of the molecule is C/C(=N/O)c1cccc(NC(=O)c2cccc(F)c2Br)c1. The van der Waals surface area contributed by atoms with Crippen molar-refractivity contribution in [2.45, 2.75) is 6.92 Å². The van der Waals surface area contributed by atoms with E-state index in [0.717, 1.165) is 0 Å². The average Bonchev–Trinajstić information content (AvgIpc) is 2.49. The molecule has 0 radical (unpaired) electrons. The number of rotatable bonds is 3. The van der Waals surface area contributed by atoms with E-state index in [1.807, 2.05) is 0 Å². The summed E-state index contributed by atoms with van der Waals surface area (Å²) in [6, 6.07) is 11.1. The van der Waals surface area contributed by atoms with E-state index in [9.17, 15) is 9.18 Å². The molecule has 0 unspecified atom stereocenters. The van der Waals surface area contributed by atoms with Crippen molar-refractivity contribution < 1.29 is 14.4 Å². The Balaban J connectivity index is 2.26. The molecule has 6 heteroatoms. The third-order valence-electron chi connectivity index (χ3n) is 2.88. The first-order chi connectivity index (χ1) is 10.0. The predicted molar refractivity (Wildman–Crippen MR) is 82.5 cm³/mol. The predicted octanol–water partition coefficient (Wildman–Crippen LogP) is 4.04. The van der Waals surface area contributed by atoms with E-state index < -0.39 is 11.7 Å². The van der Waals surface area contributed by atoms with Crippen LogP contribution in [0.1, 0.15) is 22.8 Å². The van der Waals surface area contributed by atoms with Gasteiger partial charge in [0, 0.05) is 11.3 Å². The van der Waals surface area contributed by atoms with Gasteiger partial charge in [-0.25, -0.2) is 4.39 Å². The summed E-state index contributed by atoms with van der Waals surface area (Å²) in [5, 5.41) is 14.5. The minimum atomic E-state index is -0.500. The number of benzene rings is 2. The van der Waals surface area contributed by atoms with Gasteiger partial charge in [0.2, 0.25) is 0 Å². The Morgan fingerprint density at radius 2 is 2.00 bits per heavy atom. The molecule has 2 aromatic carbocycles. The highest BCUT2D eigenvalue weighted by Crippen LogP contribution is 2.22. The van der Waals surface area contributed by atoms with Gasteiger partial charge >= 0.3 is 0 Å².